The highest BCUT2D eigenvalue weighted by atomic mass is 16.6. The summed E-state index contributed by atoms with van der Waals surface area (Å²) in [5.41, 5.74) is 9.71. The molecule has 3 rings (SSSR count). The van der Waals surface area contributed by atoms with E-state index in [1.807, 2.05) is 31.2 Å². The fraction of sp³-hybridized carbons (Fsp3) is 0.231. The highest BCUT2D eigenvalue weighted by molar-refractivity contribution is 6.08. The van der Waals surface area contributed by atoms with E-state index in [9.17, 15) is 20.0 Å². The second kappa shape index (κ2) is 10.3. The van der Waals surface area contributed by atoms with Gasteiger partial charge in [-0.1, -0.05) is 35.9 Å². The zero-order chi connectivity index (χ0) is 24.9. The van der Waals surface area contributed by atoms with Gasteiger partial charge in [-0.05, 0) is 51.0 Å². The third-order valence-corrected chi connectivity index (χ3v) is 5.20. The molecule has 3 aromatic rings. The third kappa shape index (κ3) is 6.49. The molecule has 8 nitrogen and oxygen atoms in total. The molecule has 34 heavy (non-hydrogen) atoms. The summed E-state index contributed by atoms with van der Waals surface area (Å²) in [5.74, 6) is -0.479. The molecule has 0 atom stereocenters. The first-order valence-corrected chi connectivity index (χ1v) is 10.8. The van der Waals surface area contributed by atoms with Crippen LogP contribution in [0.5, 0.6) is 0 Å². The van der Waals surface area contributed by atoms with E-state index in [4.69, 9.17) is 5.73 Å². The molecular weight excluding hydrogens is 432 g/mol. The van der Waals surface area contributed by atoms with Crippen LogP contribution in [0.1, 0.15) is 41.8 Å². The van der Waals surface area contributed by atoms with Crippen molar-refractivity contribution in [3.05, 3.63) is 87.5 Å². The van der Waals surface area contributed by atoms with Gasteiger partial charge in [0, 0.05) is 53.0 Å². The van der Waals surface area contributed by atoms with Crippen molar-refractivity contribution in [1.82, 2.24) is 0 Å². The Hall–Kier alpha value is -4.04. The van der Waals surface area contributed by atoms with Crippen LogP contribution in [0.15, 0.2) is 65.7 Å². The first kappa shape index (κ1) is 24.6. The van der Waals surface area contributed by atoms with E-state index in [2.05, 4.69) is 10.3 Å². The number of amides is 1. The molecule has 3 aromatic carbocycles. The Bertz CT molecular complexity index is 1250. The van der Waals surface area contributed by atoms with Crippen LogP contribution < -0.4 is 11.1 Å². The molecule has 0 unspecified atom stereocenters. The number of anilines is 2. The highest BCUT2D eigenvalue weighted by Gasteiger charge is 2.16. The molecule has 0 spiro atoms. The summed E-state index contributed by atoms with van der Waals surface area (Å²) in [4.78, 5) is 27.9. The Balaban J connectivity index is 1.99. The zero-order valence-electron chi connectivity index (χ0n) is 19.4. The number of rotatable bonds is 8. The lowest BCUT2D eigenvalue weighted by Gasteiger charge is -2.16. The number of nitro benzene ring substituents is 1. The summed E-state index contributed by atoms with van der Waals surface area (Å²) in [6, 6.07) is 16.8. The van der Waals surface area contributed by atoms with Crippen LogP contribution in [0.3, 0.4) is 0 Å². The second-order valence-electron chi connectivity index (χ2n) is 8.76. The maximum Gasteiger partial charge on any atom is 0.270 e. The van der Waals surface area contributed by atoms with Crippen LogP contribution in [0.25, 0.3) is 11.1 Å². The minimum atomic E-state index is -0.824. The minimum Gasteiger partial charge on any atom is -0.398 e. The van der Waals surface area contributed by atoms with Gasteiger partial charge in [0.05, 0.1) is 10.5 Å². The molecule has 0 radical (unpaired) electrons. The lowest BCUT2D eigenvalue weighted by molar-refractivity contribution is -0.384. The molecule has 0 saturated carbocycles. The van der Waals surface area contributed by atoms with E-state index in [1.54, 1.807) is 32.2 Å². The van der Waals surface area contributed by atoms with E-state index in [0.717, 1.165) is 11.1 Å². The number of carbonyl (C=O) groups excluding carboxylic acids is 1. The van der Waals surface area contributed by atoms with E-state index in [0.29, 0.717) is 35.5 Å². The standard InChI is InChI=1S/C26H28N4O4/c1-17-6-4-7-18(12-17)22-15-23(27)20(16-28-11-10-26(2,3)32)14-24(22)29-25(31)19-8-5-9-21(13-19)30(33)34/h4-9,12-16,32H,10-11,27H2,1-3H3,(H,29,31). The summed E-state index contributed by atoms with van der Waals surface area (Å²) in [5, 5.41) is 23.8. The van der Waals surface area contributed by atoms with Crippen LogP contribution >= 0.6 is 0 Å². The number of aliphatic hydroxyl groups is 1. The van der Waals surface area contributed by atoms with Crippen LogP contribution in [0.2, 0.25) is 0 Å². The number of nitro groups is 1. The van der Waals surface area contributed by atoms with Crippen molar-refractivity contribution in [1.29, 1.82) is 0 Å². The van der Waals surface area contributed by atoms with Crippen molar-refractivity contribution in [2.75, 3.05) is 17.6 Å². The lowest BCUT2D eigenvalue weighted by atomic mass is 9.98. The molecule has 4 N–H and O–H groups in total. The number of aliphatic imine (C=N–C) groups is 1. The van der Waals surface area contributed by atoms with E-state index >= 15 is 0 Å². The van der Waals surface area contributed by atoms with Gasteiger partial charge in [0.1, 0.15) is 0 Å². The van der Waals surface area contributed by atoms with Gasteiger partial charge < -0.3 is 16.2 Å². The molecule has 0 aromatic heterocycles. The number of carbonyl (C=O) groups is 1. The van der Waals surface area contributed by atoms with Crippen LogP contribution in [0, 0.1) is 17.0 Å². The van der Waals surface area contributed by atoms with Gasteiger partial charge in [-0.2, -0.15) is 0 Å². The molecule has 0 aliphatic rings. The Labute approximate surface area is 198 Å². The largest absolute Gasteiger partial charge is 0.398 e. The van der Waals surface area contributed by atoms with Crippen LogP contribution in [-0.2, 0) is 0 Å². The van der Waals surface area contributed by atoms with Crippen molar-refractivity contribution in [3.8, 4) is 11.1 Å². The minimum absolute atomic E-state index is 0.163. The SMILES string of the molecule is Cc1cccc(-c2cc(N)c(C=NCCC(C)(C)O)cc2NC(=O)c2cccc([N+](=O)[O-])c2)c1. The number of hydrogen-bond donors (Lipinski definition) is 3. The molecule has 0 heterocycles. The van der Waals surface area contributed by atoms with Gasteiger partial charge in [-0.15, -0.1) is 0 Å². The highest BCUT2D eigenvalue weighted by Crippen LogP contribution is 2.33. The van der Waals surface area contributed by atoms with Gasteiger partial charge in [0.15, 0.2) is 0 Å². The molecule has 0 bridgehead atoms. The summed E-state index contributed by atoms with van der Waals surface area (Å²) in [7, 11) is 0. The number of nitrogens with one attached hydrogen (secondary N) is 1. The van der Waals surface area contributed by atoms with Crippen molar-refractivity contribution < 1.29 is 14.8 Å². The van der Waals surface area contributed by atoms with Gasteiger partial charge in [-0.25, -0.2) is 0 Å². The van der Waals surface area contributed by atoms with Crippen LogP contribution in [-0.4, -0.2) is 34.3 Å². The zero-order valence-corrected chi connectivity index (χ0v) is 19.4. The number of non-ortho nitro benzene ring substituents is 1. The average Bonchev–Trinajstić information content (AvgIpc) is 2.77. The molecule has 0 fully saturated rings. The lowest BCUT2D eigenvalue weighted by Crippen LogP contribution is -2.19. The normalized spacial score (nSPS) is 11.5. The average molecular weight is 461 g/mol. The maximum absolute atomic E-state index is 13.0. The van der Waals surface area contributed by atoms with E-state index < -0.39 is 16.4 Å². The van der Waals surface area contributed by atoms with Gasteiger partial charge >= 0.3 is 0 Å². The number of nitrogens with zero attached hydrogens (tertiary/aromatic N) is 2. The Kier molecular flexibility index (Phi) is 7.43. The van der Waals surface area contributed by atoms with Crippen molar-refractivity contribution in [2.24, 2.45) is 4.99 Å². The first-order chi connectivity index (χ1) is 16.0. The van der Waals surface area contributed by atoms with E-state index in [-0.39, 0.29) is 11.3 Å². The molecule has 0 saturated heterocycles. The van der Waals surface area contributed by atoms with Crippen molar-refractivity contribution in [2.45, 2.75) is 32.8 Å². The second-order valence-corrected chi connectivity index (χ2v) is 8.76. The number of benzene rings is 3. The van der Waals surface area contributed by atoms with Gasteiger partial charge in [-0.3, -0.25) is 19.9 Å². The Morgan fingerprint density at radius 2 is 1.91 bits per heavy atom. The Morgan fingerprint density at radius 3 is 2.59 bits per heavy atom. The fourth-order valence-corrected chi connectivity index (χ4v) is 3.36. The van der Waals surface area contributed by atoms with E-state index in [1.165, 1.54) is 24.3 Å². The number of nitrogens with two attached hydrogens (primary N) is 1. The van der Waals surface area contributed by atoms with Crippen LogP contribution in [0.4, 0.5) is 17.1 Å². The van der Waals surface area contributed by atoms with Gasteiger partial charge in [0.25, 0.3) is 11.6 Å². The van der Waals surface area contributed by atoms with Gasteiger partial charge in [0.2, 0.25) is 0 Å². The van der Waals surface area contributed by atoms with Crippen molar-refractivity contribution >= 4 is 29.2 Å². The maximum atomic E-state index is 13.0. The fourth-order valence-electron chi connectivity index (χ4n) is 3.36. The predicted molar refractivity (Wildman–Crippen MR) is 135 cm³/mol. The molecule has 0 aliphatic carbocycles. The Morgan fingerprint density at radius 1 is 1.18 bits per heavy atom. The quantitative estimate of drug-likeness (QED) is 0.189. The molecule has 8 heteroatoms. The van der Waals surface area contributed by atoms with Crippen molar-refractivity contribution in [3.63, 3.8) is 0 Å². The molecule has 0 aliphatic heterocycles. The molecule has 1 amide bonds. The topological polar surface area (TPSA) is 131 Å². The summed E-state index contributed by atoms with van der Waals surface area (Å²) >= 11 is 0. The smallest absolute Gasteiger partial charge is 0.270 e. The molecule has 176 valence electrons. The number of nitrogen functional groups attached to an aromatic ring is 1. The monoisotopic (exact) mass is 460 g/mol. The number of hydrogen-bond acceptors (Lipinski definition) is 6. The summed E-state index contributed by atoms with van der Waals surface area (Å²) < 4.78 is 0. The predicted octanol–water partition coefficient (Wildman–Crippen LogP) is 4.98. The first-order valence-electron chi connectivity index (χ1n) is 10.8. The number of aryl methyl sites for hydroxylation is 1. The molecular formula is C26H28N4O4. The summed E-state index contributed by atoms with van der Waals surface area (Å²) in [6.07, 6.45) is 2.10. The summed E-state index contributed by atoms with van der Waals surface area (Å²) in [6.45, 7) is 5.82. The third-order valence-electron chi connectivity index (χ3n) is 5.20.